The predicted molar refractivity (Wildman–Crippen MR) is 105 cm³/mol. The normalized spacial score (nSPS) is 13.0. The Morgan fingerprint density at radius 3 is 2.15 bits per heavy atom. The number of hydrogen-bond acceptors (Lipinski definition) is 3. The lowest BCUT2D eigenvalue weighted by atomic mass is 10.1. The van der Waals surface area contributed by atoms with Crippen molar-refractivity contribution in [2.45, 2.75) is 53.2 Å². The highest BCUT2D eigenvalue weighted by Gasteiger charge is 2.20. The molecule has 0 aliphatic carbocycles. The Morgan fingerprint density at radius 1 is 0.962 bits per heavy atom. The fraction of sp³-hybridized carbons (Fsp3) is 0.409. The van der Waals surface area contributed by atoms with Crippen molar-refractivity contribution in [3.8, 4) is 11.5 Å². The predicted octanol–water partition coefficient (Wildman–Crippen LogP) is 4.35. The Kier molecular flexibility index (Phi) is 7.07. The molecular formula is C22H29NO3. The van der Waals surface area contributed by atoms with Crippen molar-refractivity contribution in [2.24, 2.45) is 0 Å². The maximum atomic E-state index is 12.5. The smallest absolute Gasteiger partial charge is 0.261 e. The van der Waals surface area contributed by atoms with Crippen molar-refractivity contribution in [2.75, 3.05) is 6.61 Å². The van der Waals surface area contributed by atoms with Gasteiger partial charge in [-0.25, -0.2) is 0 Å². The Balaban J connectivity index is 1.87. The Labute approximate surface area is 156 Å². The van der Waals surface area contributed by atoms with E-state index in [1.54, 1.807) is 0 Å². The van der Waals surface area contributed by atoms with Gasteiger partial charge < -0.3 is 14.8 Å². The third-order valence-corrected chi connectivity index (χ3v) is 4.05. The van der Waals surface area contributed by atoms with Gasteiger partial charge in [0.2, 0.25) is 0 Å². The molecule has 2 atom stereocenters. The van der Waals surface area contributed by atoms with Crippen LogP contribution in [-0.4, -0.2) is 24.7 Å². The van der Waals surface area contributed by atoms with Gasteiger partial charge in [-0.2, -0.15) is 0 Å². The van der Waals surface area contributed by atoms with Gasteiger partial charge in [-0.15, -0.1) is 0 Å². The molecular weight excluding hydrogens is 326 g/mol. The lowest BCUT2D eigenvalue weighted by Gasteiger charge is -2.21. The van der Waals surface area contributed by atoms with Crippen LogP contribution in [0.3, 0.4) is 0 Å². The van der Waals surface area contributed by atoms with E-state index < -0.39 is 6.10 Å². The topological polar surface area (TPSA) is 47.6 Å². The lowest BCUT2D eigenvalue weighted by molar-refractivity contribution is -0.128. The summed E-state index contributed by atoms with van der Waals surface area (Å²) in [5.41, 5.74) is 3.43. The highest BCUT2D eigenvalue weighted by atomic mass is 16.5. The summed E-state index contributed by atoms with van der Waals surface area (Å²) in [6, 6.07) is 13.7. The number of benzene rings is 2. The highest BCUT2D eigenvalue weighted by Crippen LogP contribution is 2.18. The number of rotatable bonds is 8. The van der Waals surface area contributed by atoms with E-state index in [-0.39, 0.29) is 11.9 Å². The molecule has 0 heterocycles. The summed E-state index contributed by atoms with van der Waals surface area (Å²) >= 11 is 0. The fourth-order valence-electron chi connectivity index (χ4n) is 2.72. The summed E-state index contributed by atoms with van der Waals surface area (Å²) in [4.78, 5) is 12.5. The first-order chi connectivity index (χ1) is 12.4. The summed E-state index contributed by atoms with van der Waals surface area (Å²) in [6.07, 6.45) is 0.0858. The molecule has 4 heteroatoms. The first kappa shape index (κ1) is 19.8. The number of carbonyl (C=O) groups excluding carboxylic acids is 1. The molecule has 0 unspecified atom stereocenters. The number of amides is 1. The number of nitrogens with one attached hydrogen (secondary N) is 1. The molecule has 0 saturated heterocycles. The molecule has 1 N–H and O–H groups in total. The summed E-state index contributed by atoms with van der Waals surface area (Å²) in [5, 5.41) is 2.97. The minimum atomic E-state index is -0.516. The van der Waals surface area contributed by atoms with Gasteiger partial charge in [0.15, 0.2) is 6.10 Å². The van der Waals surface area contributed by atoms with E-state index >= 15 is 0 Å². The van der Waals surface area contributed by atoms with Crippen molar-refractivity contribution in [3.05, 3.63) is 59.2 Å². The van der Waals surface area contributed by atoms with Gasteiger partial charge in [0.1, 0.15) is 18.1 Å². The molecule has 2 aromatic rings. The third-order valence-electron chi connectivity index (χ3n) is 4.05. The van der Waals surface area contributed by atoms with E-state index in [4.69, 9.17) is 9.47 Å². The molecule has 2 rings (SSSR count). The van der Waals surface area contributed by atoms with Gasteiger partial charge in [-0.1, -0.05) is 30.7 Å². The molecule has 0 aliphatic rings. The Bertz CT molecular complexity index is 704. The Hall–Kier alpha value is -2.49. The number of carbonyl (C=O) groups is 1. The highest BCUT2D eigenvalue weighted by molar-refractivity contribution is 5.81. The molecule has 140 valence electrons. The Morgan fingerprint density at radius 2 is 1.58 bits per heavy atom. The third kappa shape index (κ3) is 6.10. The van der Waals surface area contributed by atoms with Gasteiger partial charge in [0.05, 0.1) is 6.04 Å². The van der Waals surface area contributed by atoms with Crippen LogP contribution in [0, 0.1) is 20.8 Å². The maximum Gasteiger partial charge on any atom is 0.261 e. The molecule has 4 nitrogen and oxygen atoms in total. The van der Waals surface area contributed by atoms with Gasteiger partial charge in [0, 0.05) is 0 Å². The van der Waals surface area contributed by atoms with Crippen LogP contribution < -0.4 is 14.8 Å². The molecule has 0 radical (unpaired) electrons. The van der Waals surface area contributed by atoms with Crippen LogP contribution in [0.4, 0.5) is 0 Å². The molecule has 0 bridgehead atoms. The zero-order chi connectivity index (χ0) is 19.1. The van der Waals surface area contributed by atoms with Crippen LogP contribution in [0.15, 0.2) is 42.5 Å². The minimum Gasteiger partial charge on any atom is -0.491 e. The number of ether oxygens (including phenoxy) is 2. The van der Waals surface area contributed by atoms with E-state index in [0.717, 1.165) is 22.6 Å². The molecule has 0 spiro atoms. The number of hydrogen-bond donors (Lipinski definition) is 1. The summed E-state index contributed by atoms with van der Waals surface area (Å²) < 4.78 is 11.6. The molecule has 26 heavy (non-hydrogen) atoms. The van der Waals surface area contributed by atoms with Crippen LogP contribution >= 0.6 is 0 Å². The van der Waals surface area contributed by atoms with Crippen LogP contribution in [0.5, 0.6) is 11.5 Å². The largest absolute Gasteiger partial charge is 0.491 e. The van der Waals surface area contributed by atoms with E-state index in [1.807, 2.05) is 71.0 Å². The van der Waals surface area contributed by atoms with Crippen molar-refractivity contribution in [3.63, 3.8) is 0 Å². The zero-order valence-corrected chi connectivity index (χ0v) is 16.3. The lowest BCUT2D eigenvalue weighted by Crippen LogP contribution is -2.44. The van der Waals surface area contributed by atoms with Gasteiger partial charge in [-0.3, -0.25) is 4.79 Å². The van der Waals surface area contributed by atoms with Crippen LogP contribution in [0.25, 0.3) is 0 Å². The first-order valence-corrected chi connectivity index (χ1v) is 9.12. The molecule has 0 aromatic heterocycles. The van der Waals surface area contributed by atoms with Crippen molar-refractivity contribution < 1.29 is 14.3 Å². The fourth-order valence-corrected chi connectivity index (χ4v) is 2.72. The standard InChI is InChI=1S/C22H29NO3/c1-6-21(26-20-12-16(3)11-17(4)13-20)22(24)23-18(5)14-25-19-9-7-15(2)8-10-19/h7-13,18,21H,6,14H2,1-5H3,(H,23,24)/t18-,21-/m0/s1. The SMILES string of the molecule is CC[C@H](Oc1cc(C)cc(C)c1)C(=O)N[C@@H](C)COc1ccc(C)cc1. The monoisotopic (exact) mass is 355 g/mol. The van der Waals surface area contributed by atoms with Gasteiger partial charge in [-0.05, 0) is 69.5 Å². The number of aryl methyl sites for hydroxylation is 3. The zero-order valence-electron chi connectivity index (χ0n) is 16.3. The van der Waals surface area contributed by atoms with Crippen molar-refractivity contribution >= 4 is 5.91 Å². The van der Waals surface area contributed by atoms with Gasteiger partial charge >= 0.3 is 0 Å². The average Bonchev–Trinajstić information content (AvgIpc) is 2.58. The van der Waals surface area contributed by atoms with Gasteiger partial charge in [0.25, 0.3) is 5.91 Å². The van der Waals surface area contributed by atoms with Crippen LogP contribution in [0.2, 0.25) is 0 Å². The molecule has 0 fully saturated rings. The second-order valence-corrected chi connectivity index (χ2v) is 6.87. The summed E-state index contributed by atoms with van der Waals surface area (Å²) in [6.45, 7) is 10.4. The van der Waals surface area contributed by atoms with Crippen LogP contribution in [-0.2, 0) is 4.79 Å². The molecule has 1 amide bonds. The second-order valence-electron chi connectivity index (χ2n) is 6.87. The summed E-state index contributed by atoms with van der Waals surface area (Å²) in [7, 11) is 0. The molecule has 0 aliphatic heterocycles. The van der Waals surface area contributed by atoms with E-state index in [0.29, 0.717) is 13.0 Å². The second kappa shape index (κ2) is 9.27. The maximum absolute atomic E-state index is 12.5. The first-order valence-electron chi connectivity index (χ1n) is 9.12. The van der Waals surface area contributed by atoms with E-state index in [9.17, 15) is 4.79 Å². The average molecular weight is 355 g/mol. The van der Waals surface area contributed by atoms with E-state index in [1.165, 1.54) is 5.56 Å². The molecule has 2 aromatic carbocycles. The molecule has 0 saturated carbocycles. The quantitative estimate of drug-likeness (QED) is 0.766. The summed E-state index contributed by atoms with van der Waals surface area (Å²) in [5.74, 6) is 1.41. The van der Waals surface area contributed by atoms with E-state index in [2.05, 4.69) is 11.4 Å². The van der Waals surface area contributed by atoms with Crippen LogP contribution in [0.1, 0.15) is 37.0 Å². The van der Waals surface area contributed by atoms with Crippen molar-refractivity contribution in [1.82, 2.24) is 5.32 Å². The van der Waals surface area contributed by atoms with Crippen molar-refractivity contribution in [1.29, 1.82) is 0 Å². The minimum absolute atomic E-state index is 0.110.